The van der Waals surface area contributed by atoms with Gasteiger partial charge in [0.25, 0.3) is 5.69 Å². The van der Waals surface area contributed by atoms with Crippen molar-refractivity contribution in [2.24, 2.45) is 0 Å². The van der Waals surface area contributed by atoms with Crippen molar-refractivity contribution < 1.29 is 9.72 Å². The number of carbonyl (C=O) groups is 1. The van der Waals surface area contributed by atoms with Gasteiger partial charge in [-0.15, -0.1) is 0 Å². The second-order valence-corrected chi connectivity index (χ2v) is 6.63. The van der Waals surface area contributed by atoms with Crippen LogP contribution in [0.15, 0.2) is 42.5 Å². The van der Waals surface area contributed by atoms with Crippen LogP contribution in [0.2, 0.25) is 0 Å². The van der Waals surface area contributed by atoms with Crippen molar-refractivity contribution in [2.75, 3.05) is 5.32 Å². The summed E-state index contributed by atoms with van der Waals surface area (Å²) in [5.74, 6) is -0.334. The van der Waals surface area contributed by atoms with Gasteiger partial charge in [0, 0.05) is 18.2 Å². The summed E-state index contributed by atoms with van der Waals surface area (Å²) in [6, 6.07) is 10.1. The summed E-state index contributed by atoms with van der Waals surface area (Å²) in [6.07, 6.45) is 2.87. The number of nitro benzene ring substituents is 1. The van der Waals surface area contributed by atoms with E-state index in [0.717, 1.165) is 15.8 Å². The third-order valence-electron chi connectivity index (χ3n) is 3.74. The van der Waals surface area contributed by atoms with E-state index in [1.54, 1.807) is 12.1 Å². The third-order valence-corrected chi connectivity index (χ3v) is 4.68. The molecule has 0 aliphatic rings. The second-order valence-electron chi connectivity index (χ2n) is 5.60. The fraction of sp³-hybridized carbons (Fsp3) is 0.111. The predicted molar refractivity (Wildman–Crippen MR) is 99.9 cm³/mol. The number of nitro groups is 1. The first-order valence-corrected chi connectivity index (χ1v) is 8.35. The lowest BCUT2D eigenvalue weighted by Gasteiger charge is -1.97. The van der Waals surface area contributed by atoms with Gasteiger partial charge >= 0.3 is 0 Å². The largest absolute Gasteiger partial charge is 0.298 e. The van der Waals surface area contributed by atoms with Gasteiger partial charge in [-0.25, -0.2) is 4.98 Å². The van der Waals surface area contributed by atoms with Gasteiger partial charge in [0.2, 0.25) is 5.91 Å². The highest BCUT2D eigenvalue weighted by molar-refractivity contribution is 7.22. The first kappa shape index (κ1) is 16.8. The van der Waals surface area contributed by atoms with Crippen molar-refractivity contribution in [1.29, 1.82) is 0 Å². The van der Waals surface area contributed by atoms with Crippen LogP contribution in [-0.2, 0) is 4.79 Å². The highest BCUT2D eigenvalue weighted by Crippen LogP contribution is 2.28. The molecular weight excluding hydrogens is 338 g/mol. The molecule has 0 unspecified atom stereocenters. The monoisotopic (exact) mass is 353 g/mol. The molecule has 1 heterocycles. The highest BCUT2D eigenvalue weighted by Gasteiger charge is 2.08. The summed E-state index contributed by atoms with van der Waals surface area (Å²) in [5.41, 5.74) is 3.76. The lowest BCUT2D eigenvalue weighted by atomic mass is 10.1. The molecule has 1 aromatic heterocycles. The van der Waals surface area contributed by atoms with Crippen LogP contribution in [0.1, 0.15) is 16.7 Å². The Morgan fingerprint density at radius 3 is 2.76 bits per heavy atom. The Hall–Kier alpha value is -3.06. The zero-order valence-electron chi connectivity index (χ0n) is 13.6. The predicted octanol–water partition coefficient (Wildman–Crippen LogP) is 4.47. The van der Waals surface area contributed by atoms with Crippen molar-refractivity contribution in [2.45, 2.75) is 13.8 Å². The van der Waals surface area contributed by atoms with Crippen LogP contribution in [0.3, 0.4) is 0 Å². The topological polar surface area (TPSA) is 85.1 Å². The van der Waals surface area contributed by atoms with E-state index in [0.29, 0.717) is 10.7 Å². The van der Waals surface area contributed by atoms with Crippen LogP contribution in [0, 0.1) is 24.0 Å². The van der Waals surface area contributed by atoms with E-state index < -0.39 is 4.92 Å². The lowest BCUT2D eigenvalue weighted by molar-refractivity contribution is -0.384. The molecule has 2 aromatic carbocycles. The molecule has 3 rings (SSSR count). The third kappa shape index (κ3) is 3.89. The first-order chi connectivity index (χ1) is 11.9. The Kier molecular flexibility index (Phi) is 4.58. The van der Waals surface area contributed by atoms with Crippen LogP contribution in [0.5, 0.6) is 0 Å². The normalized spacial score (nSPS) is 11.1. The molecular formula is C18H15N3O3S. The fourth-order valence-corrected chi connectivity index (χ4v) is 3.24. The number of nitrogens with zero attached hydrogens (tertiary/aromatic N) is 2. The van der Waals surface area contributed by atoms with Gasteiger partial charge in [-0.1, -0.05) is 23.5 Å². The van der Waals surface area contributed by atoms with Crippen LogP contribution >= 0.6 is 11.3 Å². The van der Waals surface area contributed by atoms with Crippen LogP contribution < -0.4 is 5.32 Å². The molecule has 0 atom stereocenters. The van der Waals surface area contributed by atoms with Gasteiger partial charge in [0.05, 0.1) is 15.1 Å². The summed E-state index contributed by atoms with van der Waals surface area (Å²) in [6.45, 7) is 4.06. The molecule has 0 bridgehead atoms. The second kappa shape index (κ2) is 6.82. The first-order valence-electron chi connectivity index (χ1n) is 7.54. The average Bonchev–Trinajstić information content (AvgIpc) is 2.94. The van der Waals surface area contributed by atoms with Crippen molar-refractivity contribution in [3.8, 4) is 0 Å². The minimum Gasteiger partial charge on any atom is -0.298 e. The Morgan fingerprint density at radius 1 is 1.24 bits per heavy atom. The number of hydrogen-bond acceptors (Lipinski definition) is 5. The highest BCUT2D eigenvalue weighted by atomic mass is 32.1. The van der Waals surface area contributed by atoms with Gasteiger partial charge < -0.3 is 0 Å². The Morgan fingerprint density at radius 2 is 2.00 bits per heavy atom. The minimum atomic E-state index is -0.470. The summed E-state index contributed by atoms with van der Waals surface area (Å²) in [4.78, 5) is 26.8. The standard InChI is InChI=1S/C18H15N3O3S/c1-11-8-15-16(9-12(11)2)25-18(19-15)20-17(22)7-6-13-4-3-5-14(10-13)21(23)24/h3-10H,1-2H3,(H,19,20,22)/b7-6+. The maximum Gasteiger partial charge on any atom is 0.270 e. The van der Waals surface area contributed by atoms with E-state index in [1.807, 2.05) is 19.9 Å². The van der Waals surface area contributed by atoms with Crippen molar-refractivity contribution >= 4 is 44.4 Å². The number of aromatic nitrogens is 1. The maximum absolute atomic E-state index is 12.1. The van der Waals surface area contributed by atoms with Crippen LogP contribution in [0.25, 0.3) is 16.3 Å². The average molecular weight is 353 g/mol. The number of benzene rings is 2. The van der Waals surface area contributed by atoms with Crippen molar-refractivity contribution in [1.82, 2.24) is 4.98 Å². The minimum absolute atomic E-state index is 0.0144. The Balaban J connectivity index is 1.74. The van der Waals surface area contributed by atoms with Gasteiger partial charge in [-0.2, -0.15) is 0 Å². The molecule has 0 aliphatic heterocycles. The molecule has 1 N–H and O–H groups in total. The quantitative estimate of drug-likeness (QED) is 0.426. The van der Waals surface area contributed by atoms with E-state index in [9.17, 15) is 14.9 Å². The number of fused-ring (bicyclic) bond motifs is 1. The molecule has 0 aliphatic carbocycles. The Bertz CT molecular complexity index is 969. The molecule has 25 heavy (non-hydrogen) atoms. The number of thiazole rings is 1. The number of hydrogen-bond donors (Lipinski definition) is 1. The lowest BCUT2D eigenvalue weighted by Crippen LogP contribution is -2.07. The molecule has 0 radical (unpaired) electrons. The molecule has 0 spiro atoms. The molecule has 3 aromatic rings. The molecule has 7 heteroatoms. The summed E-state index contributed by atoms with van der Waals surface area (Å²) in [7, 11) is 0. The number of carbonyl (C=O) groups excluding carboxylic acids is 1. The van der Waals surface area contributed by atoms with Gasteiger partial charge in [-0.05, 0) is 48.7 Å². The van der Waals surface area contributed by atoms with Gasteiger partial charge in [0.1, 0.15) is 0 Å². The molecule has 0 saturated heterocycles. The van der Waals surface area contributed by atoms with E-state index in [4.69, 9.17) is 0 Å². The van der Waals surface area contributed by atoms with E-state index in [1.165, 1.54) is 41.2 Å². The van der Waals surface area contributed by atoms with Gasteiger partial charge in [-0.3, -0.25) is 20.2 Å². The number of non-ortho nitro benzene ring substituents is 1. The Labute approximate surface area is 148 Å². The molecule has 126 valence electrons. The van der Waals surface area contributed by atoms with E-state index >= 15 is 0 Å². The van der Waals surface area contributed by atoms with E-state index in [2.05, 4.69) is 16.4 Å². The van der Waals surface area contributed by atoms with Crippen molar-refractivity contribution in [3.63, 3.8) is 0 Å². The smallest absolute Gasteiger partial charge is 0.270 e. The van der Waals surface area contributed by atoms with Crippen LogP contribution in [-0.4, -0.2) is 15.8 Å². The number of rotatable bonds is 4. The maximum atomic E-state index is 12.1. The number of amides is 1. The zero-order valence-corrected chi connectivity index (χ0v) is 14.5. The summed E-state index contributed by atoms with van der Waals surface area (Å²) in [5, 5.41) is 14.0. The molecule has 1 amide bonds. The van der Waals surface area contributed by atoms with Crippen molar-refractivity contribution in [3.05, 3.63) is 69.3 Å². The molecule has 6 nitrogen and oxygen atoms in total. The number of nitrogens with one attached hydrogen (secondary N) is 1. The number of anilines is 1. The fourth-order valence-electron chi connectivity index (χ4n) is 2.29. The van der Waals surface area contributed by atoms with Gasteiger partial charge in [0.15, 0.2) is 5.13 Å². The van der Waals surface area contributed by atoms with Crippen LogP contribution in [0.4, 0.5) is 10.8 Å². The summed E-state index contributed by atoms with van der Waals surface area (Å²) < 4.78 is 1.01. The number of aryl methyl sites for hydroxylation is 2. The summed E-state index contributed by atoms with van der Waals surface area (Å²) >= 11 is 1.41. The van der Waals surface area contributed by atoms with E-state index in [-0.39, 0.29) is 11.6 Å². The SMILES string of the molecule is Cc1cc2nc(NC(=O)/C=C/c3cccc([N+](=O)[O-])c3)sc2cc1C. The zero-order chi connectivity index (χ0) is 18.0. The molecule has 0 saturated carbocycles. The molecule has 0 fully saturated rings.